The number of nitrogens with zero attached hydrogens (tertiary/aromatic N) is 1. The Labute approximate surface area is 145 Å². The van der Waals surface area contributed by atoms with Crippen LogP contribution in [0.3, 0.4) is 0 Å². The van der Waals surface area contributed by atoms with Gasteiger partial charge < -0.3 is 10.6 Å². The number of aromatic nitrogens is 1. The van der Waals surface area contributed by atoms with Gasteiger partial charge in [0.15, 0.2) is 0 Å². The number of carbonyl (C=O) groups is 2. The number of amides is 2. The molecule has 2 amide bonds. The van der Waals surface area contributed by atoms with E-state index in [2.05, 4.69) is 15.6 Å². The molecule has 0 bridgehead atoms. The van der Waals surface area contributed by atoms with Crippen LogP contribution in [0.1, 0.15) is 24.8 Å². The van der Waals surface area contributed by atoms with Crippen LogP contribution in [0.2, 0.25) is 5.02 Å². The lowest BCUT2D eigenvalue weighted by Gasteiger charge is -2.16. The second-order valence-electron chi connectivity index (χ2n) is 5.88. The van der Waals surface area contributed by atoms with Crippen LogP contribution in [0.15, 0.2) is 48.8 Å². The van der Waals surface area contributed by atoms with Crippen LogP contribution in [-0.4, -0.2) is 23.3 Å². The normalized spacial score (nSPS) is 14.7. The Morgan fingerprint density at radius 3 is 2.54 bits per heavy atom. The molecular weight excluding hydrogens is 326 g/mol. The molecule has 24 heavy (non-hydrogen) atoms. The van der Waals surface area contributed by atoms with E-state index in [0.717, 1.165) is 18.4 Å². The molecule has 2 N–H and O–H groups in total. The Morgan fingerprint density at radius 2 is 1.92 bits per heavy atom. The summed E-state index contributed by atoms with van der Waals surface area (Å²) in [6, 6.07) is 10.9. The molecule has 1 saturated carbocycles. The van der Waals surface area contributed by atoms with Crippen molar-refractivity contribution in [1.82, 2.24) is 10.3 Å². The van der Waals surface area contributed by atoms with Crippen LogP contribution in [-0.2, 0) is 15.0 Å². The fourth-order valence-corrected chi connectivity index (χ4v) is 2.79. The molecule has 5 nitrogen and oxygen atoms in total. The maximum atomic E-state index is 12.5. The summed E-state index contributed by atoms with van der Waals surface area (Å²) in [7, 11) is 0. The number of halogens is 1. The van der Waals surface area contributed by atoms with Crippen molar-refractivity contribution < 1.29 is 9.59 Å². The lowest BCUT2D eigenvalue weighted by Crippen LogP contribution is -2.36. The topological polar surface area (TPSA) is 71.1 Å². The Bertz CT molecular complexity index is 728. The van der Waals surface area contributed by atoms with Crippen molar-refractivity contribution in [2.24, 2.45) is 0 Å². The number of hydrogen-bond donors (Lipinski definition) is 2. The van der Waals surface area contributed by atoms with Crippen molar-refractivity contribution in [3.63, 3.8) is 0 Å². The second kappa shape index (κ2) is 7.01. The first-order valence-corrected chi connectivity index (χ1v) is 8.22. The maximum absolute atomic E-state index is 12.5. The summed E-state index contributed by atoms with van der Waals surface area (Å²) in [6.45, 7) is 0.306. The number of rotatable bonds is 6. The van der Waals surface area contributed by atoms with E-state index in [4.69, 9.17) is 11.6 Å². The van der Waals surface area contributed by atoms with E-state index in [1.54, 1.807) is 36.7 Å². The van der Waals surface area contributed by atoms with E-state index in [0.29, 0.717) is 17.3 Å². The summed E-state index contributed by atoms with van der Waals surface area (Å²) in [5.74, 6) is -0.182. The average Bonchev–Trinajstić information content (AvgIpc) is 3.38. The van der Waals surface area contributed by atoms with Crippen LogP contribution in [0.25, 0.3) is 0 Å². The zero-order valence-corrected chi connectivity index (χ0v) is 13.8. The minimum absolute atomic E-state index is 0.0287. The zero-order chi connectivity index (χ0) is 17.0. The van der Waals surface area contributed by atoms with Gasteiger partial charge in [0, 0.05) is 24.2 Å². The van der Waals surface area contributed by atoms with Crippen LogP contribution < -0.4 is 10.6 Å². The standard InChI is InChI=1S/C18H18ClN3O2/c19-14-5-3-13(4-6-14)18(8-9-18)17(24)21-11-7-16(23)22-15-2-1-10-20-12-15/h1-6,10,12H,7-9,11H2,(H,21,24)(H,22,23). The Hall–Kier alpha value is -2.40. The fraction of sp³-hybridized carbons (Fsp3) is 0.278. The lowest BCUT2D eigenvalue weighted by molar-refractivity contribution is -0.123. The summed E-state index contributed by atoms with van der Waals surface area (Å²) in [5.41, 5.74) is 1.17. The molecule has 1 aliphatic carbocycles. The first-order chi connectivity index (χ1) is 11.6. The SMILES string of the molecule is O=C(CCNC(=O)C1(c2ccc(Cl)cc2)CC1)Nc1cccnc1. The first-order valence-electron chi connectivity index (χ1n) is 7.84. The summed E-state index contributed by atoms with van der Waals surface area (Å²) in [4.78, 5) is 28.3. The summed E-state index contributed by atoms with van der Waals surface area (Å²) >= 11 is 5.90. The molecule has 3 rings (SSSR count). The molecule has 0 aliphatic heterocycles. The van der Waals surface area contributed by atoms with Crippen LogP contribution in [0.4, 0.5) is 5.69 Å². The van der Waals surface area contributed by atoms with Crippen molar-refractivity contribution >= 4 is 29.1 Å². The van der Waals surface area contributed by atoms with Gasteiger partial charge in [-0.15, -0.1) is 0 Å². The third-order valence-electron chi connectivity index (χ3n) is 4.16. The fourth-order valence-electron chi connectivity index (χ4n) is 2.66. The monoisotopic (exact) mass is 343 g/mol. The first kappa shape index (κ1) is 16.5. The smallest absolute Gasteiger partial charge is 0.230 e. The molecule has 124 valence electrons. The quantitative estimate of drug-likeness (QED) is 0.847. The van der Waals surface area contributed by atoms with E-state index in [1.165, 1.54) is 0 Å². The molecule has 1 fully saturated rings. The molecule has 1 aromatic carbocycles. The van der Waals surface area contributed by atoms with Gasteiger partial charge in [0.1, 0.15) is 0 Å². The zero-order valence-electron chi connectivity index (χ0n) is 13.1. The van der Waals surface area contributed by atoms with Crippen molar-refractivity contribution in [3.8, 4) is 0 Å². The van der Waals surface area contributed by atoms with Gasteiger partial charge in [0.25, 0.3) is 0 Å². The Balaban J connectivity index is 1.49. The number of anilines is 1. The van der Waals surface area contributed by atoms with Gasteiger partial charge >= 0.3 is 0 Å². The van der Waals surface area contributed by atoms with Crippen LogP contribution in [0, 0.1) is 0 Å². The lowest BCUT2D eigenvalue weighted by atomic mass is 9.95. The van der Waals surface area contributed by atoms with Crippen molar-refractivity contribution in [1.29, 1.82) is 0 Å². The average molecular weight is 344 g/mol. The van der Waals surface area contributed by atoms with Crippen LogP contribution >= 0.6 is 11.6 Å². The van der Waals surface area contributed by atoms with E-state index in [1.807, 2.05) is 12.1 Å². The van der Waals surface area contributed by atoms with Gasteiger partial charge in [-0.25, -0.2) is 0 Å². The molecule has 0 saturated heterocycles. The molecule has 0 spiro atoms. The minimum atomic E-state index is -0.454. The molecule has 0 unspecified atom stereocenters. The highest BCUT2D eigenvalue weighted by Crippen LogP contribution is 2.48. The summed E-state index contributed by atoms with van der Waals surface area (Å²) in [5, 5.41) is 6.26. The predicted molar refractivity (Wildman–Crippen MR) is 92.9 cm³/mol. The van der Waals surface area contributed by atoms with Gasteiger partial charge in [-0.05, 0) is 42.7 Å². The summed E-state index contributed by atoms with van der Waals surface area (Å²) in [6.07, 6.45) is 5.08. The number of benzene rings is 1. The maximum Gasteiger partial charge on any atom is 0.230 e. The van der Waals surface area contributed by atoms with E-state index in [-0.39, 0.29) is 18.2 Å². The molecule has 1 aliphatic rings. The number of nitrogens with one attached hydrogen (secondary N) is 2. The predicted octanol–water partition coefficient (Wildman–Crippen LogP) is 2.91. The second-order valence-corrected chi connectivity index (χ2v) is 6.32. The highest BCUT2D eigenvalue weighted by Gasteiger charge is 2.50. The molecule has 0 radical (unpaired) electrons. The number of pyridine rings is 1. The molecular formula is C18H18ClN3O2. The summed E-state index contributed by atoms with van der Waals surface area (Å²) < 4.78 is 0. The number of carbonyl (C=O) groups excluding carboxylic acids is 2. The number of hydrogen-bond acceptors (Lipinski definition) is 3. The van der Waals surface area contributed by atoms with E-state index < -0.39 is 5.41 Å². The van der Waals surface area contributed by atoms with Gasteiger partial charge in [-0.2, -0.15) is 0 Å². The minimum Gasteiger partial charge on any atom is -0.355 e. The van der Waals surface area contributed by atoms with Crippen molar-refractivity contribution in [2.45, 2.75) is 24.7 Å². The van der Waals surface area contributed by atoms with E-state index >= 15 is 0 Å². The van der Waals surface area contributed by atoms with Gasteiger partial charge in [-0.3, -0.25) is 14.6 Å². The molecule has 1 heterocycles. The van der Waals surface area contributed by atoms with Crippen LogP contribution in [0.5, 0.6) is 0 Å². The van der Waals surface area contributed by atoms with Crippen molar-refractivity contribution in [2.75, 3.05) is 11.9 Å². The van der Waals surface area contributed by atoms with Gasteiger partial charge in [0.2, 0.25) is 11.8 Å². The third-order valence-corrected chi connectivity index (χ3v) is 4.42. The van der Waals surface area contributed by atoms with E-state index in [9.17, 15) is 9.59 Å². The largest absolute Gasteiger partial charge is 0.355 e. The third kappa shape index (κ3) is 3.74. The molecule has 1 aromatic heterocycles. The van der Waals surface area contributed by atoms with Gasteiger partial charge in [0.05, 0.1) is 17.3 Å². The highest BCUT2D eigenvalue weighted by atomic mass is 35.5. The Morgan fingerprint density at radius 1 is 1.17 bits per heavy atom. The highest BCUT2D eigenvalue weighted by molar-refractivity contribution is 6.30. The Kier molecular flexibility index (Phi) is 4.81. The van der Waals surface area contributed by atoms with Crippen molar-refractivity contribution in [3.05, 3.63) is 59.4 Å². The molecule has 6 heteroatoms. The molecule has 2 aromatic rings. The van der Waals surface area contributed by atoms with Gasteiger partial charge in [-0.1, -0.05) is 23.7 Å². The molecule has 0 atom stereocenters.